The summed E-state index contributed by atoms with van der Waals surface area (Å²) in [5.41, 5.74) is 0.305. The molecule has 1 saturated heterocycles. The Morgan fingerprint density at radius 3 is 2.38 bits per heavy atom. The van der Waals surface area contributed by atoms with Crippen LogP contribution in [-0.2, 0) is 20.4 Å². The molecule has 0 atom stereocenters. The molecule has 0 bridgehead atoms. The summed E-state index contributed by atoms with van der Waals surface area (Å²) in [5.74, 6) is -2.05. The molecular weight excluding hydrogens is 358 g/mol. The van der Waals surface area contributed by atoms with Crippen molar-refractivity contribution in [3.8, 4) is 0 Å². The molecule has 3 rings (SSSR count). The van der Waals surface area contributed by atoms with Crippen molar-refractivity contribution in [3.63, 3.8) is 0 Å². The fourth-order valence-electron chi connectivity index (χ4n) is 3.03. The Morgan fingerprint density at radius 1 is 1.12 bits per heavy atom. The summed E-state index contributed by atoms with van der Waals surface area (Å²) in [6, 6.07) is 9.51. The number of aliphatic carboxylic acids is 1. The zero-order chi connectivity index (χ0) is 18.7. The van der Waals surface area contributed by atoms with E-state index < -0.39 is 27.6 Å². The predicted octanol–water partition coefficient (Wildman–Crippen LogP) is 2.19. The molecule has 7 nitrogen and oxygen atoms in total. The highest BCUT2D eigenvalue weighted by atomic mass is 32.2. The molecule has 138 valence electrons. The van der Waals surface area contributed by atoms with Gasteiger partial charge < -0.3 is 14.4 Å². The Kier molecular flexibility index (Phi) is 5.13. The number of benzene rings is 1. The minimum Gasteiger partial charge on any atom is -0.481 e. The van der Waals surface area contributed by atoms with E-state index in [1.807, 2.05) is 0 Å². The lowest BCUT2D eigenvalue weighted by Gasteiger charge is -2.29. The quantitative estimate of drug-likeness (QED) is 0.856. The predicted molar refractivity (Wildman–Crippen MR) is 92.3 cm³/mol. The molecule has 1 aliphatic rings. The van der Waals surface area contributed by atoms with Crippen LogP contribution in [0.15, 0.2) is 52.0 Å². The van der Waals surface area contributed by atoms with Gasteiger partial charge in [0.05, 0.1) is 22.8 Å². The summed E-state index contributed by atoms with van der Waals surface area (Å²) in [4.78, 5) is 25.4. The van der Waals surface area contributed by atoms with Gasteiger partial charge in [-0.15, -0.1) is 0 Å². The molecule has 1 aromatic carbocycles. The van der Waals surface area contributed by atoms with Crippen molar-refractivity contribution in [2.45, 2.75) is 23.5 Å². The molecule has 26 heavy (non-hydrogen) atoms. The van der Waals surface area contributed by atoms with Crippen LogP contribution in [0, 0.1) is 5.92 Å². The molecular formula is C18H19NO6S. The summed E-state index contributed by atoms with van der Waals surface area (Å²) in [6.07, 6.45) is 2.05. The fraction of sp³-hybridized carbons (Fsp3) is 0.333. The first-order valence-electron chi connectivity index (χ1n) is 8.25. The van der Waals surface area contributed by atoms with Gasteiger partial charge >= 0.3 is 5.97 Å². The molecule has 2 aromatic rings. The van der Waals surface area contributed by atoms with Gasteiger partial charge in [-0.05, 0) is 31.0 Å². The number of likely N-dealkylation sites (tertiary alicyclic amines) is 1. The van der Waals surface area contributed by atoms with Crippen molar-refractivity contribution in [2.75, 3.05) is 13.1 Å². The largest absolute Gasteiger partial charge is 0.481 e. The van der Waals surface area contributed by atoms with Crippen molar-refractivity contribution in [3.05, 3.63) is 54.0 Å². The molecule has 0 saturated carbocycles. The highest BCUT2D eigenvalue weighted by Gasteiger charge is 2.30. The van der Waals surface area contributed by atoms with E-state index in [1.165, 1.54) is 29.4 Å². The molecule has 8 heteroatoms. The van der Waals surface area contributed by atoms with Crippen molar-refractivity contribution in [2.24, 2.45) is 5.92 Å². The lowest BCUT2D eigenvalue weighted by molar-refractivity contribution is -0.143. The minimum absolute atomic E-state index is 0.00159. The maximum absolute atomic E-state index is 12.7. The molecule has 0 aliphatic carbocycles. The summed E-state index contributed by atoms with van der Waals surface area (Å²) in [7, 11) is -3.60. The van der Waals surface area contributed by atoms with E-state index in [1.54, 1.807) is 18.2 Å². The van der Waals surface area contributed by atoms with Gasteiger partial charge in [0.15, 0.2) is 15.6 Å². The van der Waals surface area contributed by atoms with Crippen LogP contribution in [-0.4, -0.2) is 43.4 Å². The molecule has 0 unspecified atom stereocenters. The highest BCUT2D eigenvalue weighted by molar-refractivity contribution is 7.90. The Labute approximate surface area is 151 Å². The number of furan rings is 1. The standard InChI is InChI=1S/C18H19NO6S/c20-17(19-9-6-13(7-10-19)18(21)22)16-14(8-11-25-16)12-26(23,24)15-4-2-1-3-5-15/h1-5,8,11,13H,6-7,9-10,12H2,(H,21,22). The maximum atomic E-state index is 12.7. The first-order valence-corrected chi connectivity index (χ1v) is 9.90. The molecule has 1 aromatic heterocycles. The van der Waals surface area contributed by atoms with E-state index in [0.29, 0.717) is 31.5 Å². The zero-order valence-corrected chi connectivity index (χ0v) is 14.8. The van der Waals surface area contributed by atoms with Crippen LogP contribution in [0.3, 0.4) is 0 Å². The second-order valence-electron chi connectivity index (χ2n) is 6.25. The van der Waals surface area contributed by atoms with Gasteiger partial charge in [0.2, 0.25) is 0 Å². The van der Waals surface area contributed by atoms with Crippen LogP contribution < -0.4 is 0 Å². The van der Waals surface area contributed by atoms with E-state index >= 15 is 0 Å². The number of rotatable bonds is 5. The van der Waals surface area contributed by atoms with E-state index in [-0.39, 0.29) is 16.4 Å². The number of sulfone groups is 1. The second-order valence-corrected chi connectivity index (χ2v) is 8.24. The molecule has 1 aliphatic heterocycles. The highest BCUT2D eigenvalue weighted by Crippen LogP contribution is 2.24. The smallest absolute Gasteiger partial charge is 0.306 e. The maximum Gasteiger partial charge on any atom is 0.306 e. The van der Waals surface area contributed by atoms with Crippen molar-refractivity contribution < 1.29 is 27.5 Å². The van der Waals surface area contributed by atoms with E-state index in [0.717, 1.165) is 0 Å². The zero-order valence-electron chi connectivity index (χ0n) is 14.0. The number of carbonyl (C=O) groups excluding carboxylic acids is 1. The van der Waals surface area contributed by atoms with Gasteiger partial charge in [-0.1, -0.05) is 18.2 Å². The van der Waals surface area contributed by atoms with Gasteiger partial charge in [0, 0.05) is 18.7 Å². The molecule has 1 amide bonds. The summed E-state index contributed by atoms with van der Waals surface area (Å²) >= 11 is 0. The molecule has 0 spiro atoms. The average molecular weight is 377 g/mol. The van der Waals surface area contributed by atoms with E-state index in [2.05, 4.69) is 0 Å². The topological polar surface area (TPSA) is 105 Å². The Bertz CT molecular complexity index is 895. The Morgan fingerprint density at radius 2 is 1.77 bits per heavy atom. The minimum atomic E-state index is -3.60. The molecule has 2 heterocycles. The van der Waals surface area contributed by atoms with Gasteiger partial charge in [0.1, 0.15) is 0 Å². The Balaban J connectivity index is 1.75. The lowest BCUT2D eigenvalue weighted by Crippen LogP contribution is -2.40. The number of amides is 1. The first kappa shape index (κ1) is 18.2. The SMILES string of the molecule is O=C(O)C1CCN(C(=O)c2occc2CS(=O)(=O)c2ccccc2)CC1. The van der Waals surface area contributed by atoms with Crippen LogP contribution in [0.1, 0.15) is 29.0 Å². The number of hydrogen-bond acceptors (Lipinski definition) is 5. The average Bonchev–Trinajstić information content (AvgIpc) is 3.09. The van der Waals surface area contributed by atoms with Crippen molar-refractivity contribution >= 4 is 21.7 Å². The summed E-state index contributed by atoms with van der Waals surface area (Å²) in [5, 5.41) is 9.04. The number of hydrogen-bond donors (Lipinski definition) is 1. The third kappa shape index (κ3) is 3.80. The van der Waals surface area contributed by atoms with Crippen LogP contribution in [0.4, 0.5) is 0 Å². The number of nitrogens with zero attached hydrogens (tertiary/aromatic N) is 1. The number of carboxylic acid groups (broad SMARTS) is 1. The van der Waals surface area contributed by atoms with Crippen LogP contribution in [0.5, 0.6) is 0 Å². The molecule has 1 fully saturated rings. The van der Waals surface area contributed by atoms with Crippen molar-refractivity contribution in [1.29, 1.82) is 0 Å². The number of carboxylic acids is 1. The molecule has 0 radical (unpaired) electrons. The normalized spacial score (nSPS) is 15.8. The third-order valence-electron chi connectivity index (χ3n) is 4.52. The molecule has 1 N–H and O–H groups in total. The van der Waals surface area contributed by atoms with Gasteiger partial charge in [-0.25, -0.2) is 8.42 Å². The van der Waals surface area contributed by atoms with Gasteiger partial charge in [0.25, 0.3) is 5.91 Å². The monoisotopic (exact) mass is 377 g/mol. The summed E-state index contributed by atoms with van der Waals surface area (Å²) < 4.78 is 30.3. The first-order chi connectivity index (χ1) is 12.4. The van der Waals surface area contributed by atoms with Crippen LogP contribution in [0.25, 0.3) is 0 Å². The van der Waals surface area contributed by atoms with E-state index in [4.69, 9.17) is 9.52 Å². The second kappa shape index (κ2) is 7.33. The Hall–Kier alpha value is -2.61. The third-order valence-corrected chi connectivity index (χ3v) is 6.20. The fourth-order valence-corrected chi connectivity index (χ4v) is 4.40. The number of piperidine rings is 1. The lowest BCUT2D eigenvalue weighted by atomic mass is 9.97. The number of carbonyl (C=O) groups is 2. The van der Waals surface area contributed by atoms with Gasteiger partial charge in [-0.3, -0.25) is 9.59 Å². The van der Waals surface area contributed by atoms with Crippen molar-refractivity contribution in [1.82, 2.24) is 4.90 Å². The van der Waals surface area contributed by atoms with E-state index in [9.17, 15) is 18.0 Å². The van der Waals surface area contributed by atoms with Crippen LogP contribution >= 0.6 is 0 Å². The summed E-state index contributed by atoms with van der Waals surface area (Å²) in [6.45, 7) is 0.614. The van der Waals surface area contributed by atoms with Crippen LogP contribution in [0.2, 0.25) is 0 Å². The van der Waals surface area contributed by atoms with Gasteiger partial charge in [-0.2, -0.15) is 0 Å².